The molecule has 3 aromatic rings. The van der Waals surface area contributed by atoms with Crippen molar-refractivity contribution in [3.05, 3.63) is 101 Å². The van der Waals surface area contributed by atoms with Crippen LogP contribution in [-0.2, 0) is 32.2 Å². The summed E-state index contributed by atoms with van der Waals surface area (Å²) in [4.78, 5) is 24.4. The minimum absolute atomic E-state index is 0.00122. The van der Waals surface area contributed by atoms with E-state index in [2.05, 4.69) is 22.8 Å². The first-order valence-electron chi connectivity index (χ1n) is 14.3. The van der Waals surface area contributed by atoms with Crippen molar-refractivity contribution in [1.82, 2.24) is 10.6 Å². The third-order valence-electron chi connectivity index (χ3n) is 6.99. The lowest BCUT2D eigenvalue weighted by Gasteiger charge is -2.36. The first kappa shape index (κ1) is 30.8. The molecule has 4 rings (SSSR count). The first-order chi connectivity index (χ1) is 20.0. The largest absolute Gasteiger partial charge is 0.392 e. The topological polar surface area (TPSA) is 96.9 Å². The summed E-state index contributed by atoms with van der Waals surface area (Å²) in [6.07, 6.45) is 3.17. The number of amides is 2. The van der Waals surface area contributed by atoms with Gasteiger partial charge in [-0.1, -0.05) is 73.2 Å². The number of rotatable bonds is 14. The van der Waals surface area contributed by atoms with Gasteiger partial charge in [-0.2, -0.15) is 0 Å². The van der Waals surface area contributed by atoms with Gasteiger partial charge >= 0.3 is 0 Å². The van der Waals surface area contributed by atoms with Gasteiger partial charge in [-0.25, -0.2) is 0 Å². The van der Waals surface area contributed by atoms with E-state index in [1.807, 2.05) is 66.7 Å². The maximum Gasteiger partial charge on any atom is 0.220 e. The lowest BCUT2D eigenvalue weighted by molar-refractivity contribution is -0.245. The van der Waals surface area contributed by atoms with Crippen LogP contribution in [0.4, 0.5) is 0 Å². The molecule has 0 saturated carbocycles. The molecule has 0 spiro atoms. The molecular weight excluding hydrogens is 536 g/mol. The van der Waals surface area contributed by atoms with Crippen LogP contribution in [0.15, 0.2) is 83.8 Å². The van der Waals surface area contributed by atoms with Crippen molar-refractivity contribution < 1.29 is 24.2 Å². The average Bonchev–Trinajstić information content (AvgIpc) is 3.01. The van der Waals surface area contributed by atoms with E-state index in [-0.39, 0.29) is 30.6 Å². The SMILES string of the molecule is CC(=O)NCCCCCC(=O)NCc1ccc([C@@H]2O[C@H](CSc3ccccc3)C[C@H](c3ccc(CO)cc3)O2)cc1. The Labute approximate surface area is 247 Å². The summed E-state index contributed by atoms with van der Waals surface area (Å²) in [5.74, 6) is 0.818. The molecule has 7 nitrogen and oxygen atoms in total. The number of carbonyl (C=O) groups excluding carboxylic acids is 2. The number of hydrogen-bond donors (Lipinski definition) is 3. The average molecular weight is 577 g/mol. The van der Waals surface area contributed by atoms with Crippen molar-refractivity contribution in [2.24, 2.45) is 0 Å². The minimum Gasteiger partial charge on any atom is -0.392 e. The van der Waals surface area contributed by atoms with Gasteiger partial charge in [0.2, 0.25) is 11.8 Å². The molecule has 3 N–H and O–H groups in total. The molecule has 3 atom stereocenters. The van der Waals surface area contributed by atoms with Crippen molar-refractivity contribution in [2.75, 3.05) is 12.3 Å². The maximum atomic E-state index is 12.2. The third-order valence-corrected chi connectivity index (χ3v) is 8.13. The fourth-order valence-corrected chi connectivity index (χ4v) is 5.60. The summed E-state index contributed by atoms with van der Waals surface area (Å²) in [5.41, 5.74) is 3.89. The van der Waals surface area contributed by atoms with Crippen LogP contribution in [0.2, 0.25) is 0 Å². The lowest BCUT2D eigenvalue weighted by atomic mass is 10.0. The van der Waals surface area contributed by atoms with Crippen LogP contribution in [0.5, 0.6) is 0 Å². The summed E-state index contributed by atoms with van der Waals surface area (Å²) in [6, 6.07) is 26.3. The van der Waals surface area contributed by atoms with Crippen LogP contribution in [0.1, 0.15) is 73.7 Å². The Hall–Kier alpha value is -3.17. The quantitative estimate of drug-likeness (QED) is 0.165. The van der Waals surface area contributed by atoms with Crippen LogP contribution in [-0.4, -0.2) is 35.3 Å². The highest BCUT2D eigenvalue weighted by atomic mass is 32.2. The lowest BCUT2D eigenvalue weighted by Crippen LogP contribution is -2.31. The summed E-state index contributed by atoms with van der Waals surface area (Å²) in [6.45, 7) is 2.64. The normalized spacial score (nSPS) is 18.5. The number of hydrogen-bond acceptors (Lipinski definition) is 6. The molecule has 0 aliphatic carbocycles. The van der Waals surface area contributed by atoms with E-state index >= 15 is 0 Å². The number of aliphatic hydroxyl groups excluding tert-OH is 1. The van der Waals surface area contributed by atoms with E-state index in [1.54, 1.807) is 11.8 Å². The molecule has 218 valence electrons. The highest BCUT2D eigenvalue weighted by Crippen LogP contribution is 2.39. The predicted octanol–water partition coefficient (Wildman–Crippen LogP) is 5.83. The molecule has 1 heterocycles. The van der Waals surface area contributed by atoms with E-state index in [0.717, 1.165) is 53.7 Å². The highest BCUT2D eigenvalue weighted by molar-refractivity contribution is 7.99. The molecule has 2 amide bonds. The number of carbonyl (C=O) groups is 2. The molecule has 8 heteroatoms. The second kappa shape index (κ2) is 16.3. The van der Waals surface area contributed by atoms with Crippen LogP contribution in [0.3, 0.4) is 0 Å². The number of nitrogens with one attached hydrogen (secondary N) is 2. The molecule has 3 aromatic carbocycles. The fourth-order valence-electron chi connectivity index (χ4n) is 4.66. The van der Waals surface area contributed by atoms with Crippen molar-refractivity contribution in [3.63, 3.8) is 0 Å². The second-order valence-corrected chi connectivity index (χ2v) is 11.4. The molecule has 1 aliphatic rings. The second-order valence-electron chi connectivity index (χ2n) is 10.3. The van der Waals surface area contributed by atoms with Gasteiger partial charge in [-0.15, -0.1) is 11.8 Å². The predicted molar refractivity (Wildman–Crippen MR) is 161 cm³/mol. The van der Waals surface area contributed by atoms with Crippen LogP contribution in [0.25, 0.3) is 0 Å². The molecule has 1 aliphatic heterocycles. The standard InChI is InChI=1S/C33H40N2O5S/c1-24(37)34-19-7-3-6-10-32(38)35-21-25-11-17-28(18-12-25)33-39-29(23-41-30-8-4-2-5-9-30)20-31(40-33)27-15-13-26(22-36)14-16-27/h2,4-5,8-9,11-18,29,31,33,36H,3,6-7,10,19-23H2,1H3,(H,34,37)(H,35,38)/t29-,31+,33+/m0/s1. The zero-order chi connectivity index (χ0) is 28.9. The van der Waals surface area contributed by atoms with E-state index < -0.39 is 6.29 Å². The van der Waals surface area contributed by atoms with Crippen LogP contribution < -0.4 is 10.6 Å². The number of ether oxygens (including phenoxy) is 2. The molecule has 41 heavy (non-hydrogen) atoms. The van der Waals surface area contributed by atoms with Crippen molar-refractivity contribution in [2.45, 2.75) is 75.6 Å². The Morgan fingerprint density at radius 1 is 0.854 bits per heavy atom. The number of thioether (sulfide) groups is 1. The molecule has 0 unspecified atom stereocenters. The Morgan fingerprint density at radius 3 is 2.27 bits per heavy atom. The Bertz CT molecular complexity index is 1220. The monoisotopic (exact) mass is 576 g/mol. The molecule has 1 fully saturated rings. The van der Waals surface area contributed by atoms with Gasteiger partial charge in [0.05, 0.1) is 18.8 Å². The zero-order valence-electron chi connectivity index (χ0n) is 23.6. The van der Waals surface area contributed by atoms with E-state index in [0.29, 0.717) is 19.5 Å². The Morgan fingerprint density at radius 2 is 1.56 bits per heavy atom. The van der Waals surface area contributed by atoms with Crippen molar-refractivity contribution >= 4 is 23.6 Å². The van der Waals surface area contributed by atoms with E-state index in [9.17, 15) is 14.7 Å². The van der Waals surface area contributed by atoms with Gasteiger partial charge in [0.1, 0.15) is 0 Å². The molecule has 0 aromatic heterocycles. The first-order valence-corrected chi connectivity index (χ1v) is 15.3. The molecular formula is C33H40N2O5S. The van der Waals surface area contributed by atoms with E-state index in [4.69, 9.17) is 9.47 Å². The smallest absolute Gasteiger partial charge is 0.220 e. The minimum atomic E-state index is -0.506. The number of benzene rings is 3. The zero-order valence-corrected chi connectivity index (χ0v) is 24.4. The summed E-state index contributed by atoms with van der Waals surface area (Å²) in [5, 5.41) is 15.2. The molecule has 1 saturated heterocycles. The summed E-state index contributed by atoms with van der Waals surface area (Å²) in [7, 11) is 0. The third kappa shape index (κ3) is 10.3. The number of unbranched alkanes of at least 4 members (excludes halogenated alkanes) is 2. The van der Waals surface area contributed by atoms with E-state index in [1.165, 1.54) is 11.8 Å². The molecule has 0 radical (unpaired) electrons. The fraction of sp³-hybridized carbons (Fsp3) is 0.394. The summed E-state index contributed by atoms with van der Waals surface area (Å²) < 4.78 is 12.9. The van der Waals surface area contributed by atoms with Crippen LogP contribution >= 0.6 is 11.8 Å². The number of aliphatic hydroxyl groups is 1. The van der Waals surface area contributed by atoms with Gasteiger partial charge in [-0.3, -0.25) is 9.59 Å². The highest BCUT2D eigenvalue weighted by Gasteiger charge is 2.32. The van der Waals surface area contributed by atoms with Crippen LogP contribution in [0, 0.1) is 0 Å². The van der Waals surface area contributed by atoms with Crippen molar-refractivity contribution in [3.8, 4) is 0 Å². The molecule has 0 bridgehead atoms. The van der Waals surface area contributed by atoms with Gasteiger partial charge < -0.3 is 25.2 Å². The van der Waals surface area contributed by atoms with Gasteiger partial charge in [-0.05, 0) is 41.7 Å². The summed E-state index contributed by atoms with van der Waals surface area (Å²) >= 11 is 1.78. The maximum absolute atomic E-state index is 12.2. The van der Waals surface area contributed by atoms with Gasteiger partial charge in [0, 0.05) is 49.1 Å². The Balaban J connectivity index is 1.32. The Kier molecular flexibility index (Phi) is 12.3. The van der Waals surface area contributed by atoms with Gasteiger partial charge in [0.15, 0.2) is 6.29 Å². The van der Waals surface area contributed by atoms with Gasteiger partial charge in [0.25, 0.3) is 0 Å². The van der Waals surface area contributed by atoms with Crippen molar-refractivity contribution in [1.29, 1.82) is 0 Å².